The molecule has 0 aliphatic carbocycles. The predicted octanol–water partition coefficient (Wildman–Crippen LogP) is 0.713. The second-order valence-electron chi connectivity index (χ2n) is 4.75. The van der Waals surface area contributed by atoms with E-state index in [1.807, 2.05) is 4.68 Å². The molecule has 1 atom stereocenters. The molecule has 1 rings (SSSR count). The average molecular weight is 225 g/mol. The Hall–Kier alpha value is -0.940. The monoisotopic (exact) mass is 225 g/mol. The Morgan fingerprint density at radius 3 is 2.69 bits per heavy atom. The number of nitrogens with two attached hydrogens (primary N) is 1. The second kappa shape index (κ2) is 5.96. The number of hydrogen-bond acceptors (Lipinski definition) is 4. The van der Waals surface area contributed by atoms with Crippen molar-refractivity contribution in [2.24, 2.45) is 11.7 Å². The van der Waals surface area contributed by atoms with Crippen LogP contribution in [0.15, 0.2) is 6.33 Å². The molecule has 1 heterocycles. The van der Waals surface area contributed by atoms with E-state index in [0.29, 0.717) is 18.5 Å². The van der Waals surface area contributed by atoms with Gasteiger partial charge in [-0.25, -0.2) is 9.67 Å². The molecule has 0 aliphatic rings. The van der Waals surface area contributed by atoms with E-state index in [1.54, 1.807) is 6.33 Å². The van der Waals surface area contributed by atoms with Gasteiger partial charge in [-0.3, -0.25) is 4.90 Å². The third-order valence-electron chi connectivity index (χ3n) is 2.72. The molecule has 92 valence electrons. The third kappa shape index (κ3) is 3.57. The highest BCUT2D eigenvalue weighted by Gasteiger charge is 2.12. The van der Waals surface area contributed by atoms with Gasteiger partial charge in [0, 0.05) is 19.1 Å². The molecule has 1 aromatic rings. The highest BCUT2D eigenvalue weighted by molar-refractivity contribution is 4.85. The standard InChI is InChI=1S/C11H23N5/c1-9(2)6-16-11(13-8-14-16)7-15(4)10(3)5-12/h8-10H,5-7,12H2,1-4H3. The zero-order valence-corrected chi connectivity index (χ0v) is 10.7. The molecular formula is C11H23N5. The molecule has 0 aromatic carbocycles. The van der Waals surface area contributed by atoms with Crippen molar-refractivity contribution in [2.75, 3.05) is 13.6 Å². The summed E-state index contributed by atoms with van der Waals surface area (Å²) in [5.74, 6) is 1.59. The molecule has 0 amide bonds. The van der Waals surface area contributed by atoms with E-state index < -0.39 is 0 Å². The van der Waals surface area contributed by atoms with Crippen LogP contribution in [-0.4, -0.2) is 39.3 Å². The van der Waals surface area contributed by atoms with Gasteiger partial charge in [-0.2, -0.15) is 5.10 Å². The van der Waals surface area contributed by atoms with E-state index in [4.69, 9.17) is 5.73 Å². The minimum atomic E-state index is 0.365. The summed E-state index contributed by atoms with van der Waals surface area (Å²) in [6.07, 6.45) is 1.62. The molecule has 1 aromatic heterocycles. The highest BCUT2D eigenvalue weighted by atomic mass is 15.3. The molecule has 0 saturated heterocycles. The van der Waals surface area contributed by atoms with Crippen molar-refractivity contribution < 1.29 is 0 Å². The summed E-state index contributed by atoms with van der Waals surface area (Å²) in [5.41, 5.74) is 5.64. The molecule has 0 radical (unpaired) electrons. The van der Waals surface area contributed by atoms with Crippen LogP contribution < -0.4 is 5.73 Å². The Kier molecular flexibility index (Phi) is 4.89. The number of nitrogens with zero attached hydrogens (tertiary/aromatic N) is 4. The van der Waals surface area contributed by atoms with Crippen LogP contribution >= 0.6 is 0 Å². The Balaban J connectivity index is 2.62. The highest BCUT2D eigenvalue weighted by Crippen LogP contribution is 2.05. The van der Waals surface area contributed by atoms with E-state index in [9.17, 15) is 0 Å². The van der Waals surface area contributed by atoms with Crippen LogP contribution in [0, 0.1) is 5.92 Å². The van der Waals surface area contributed by atoms with E-state index >= 15 is 0 Å². The lowest BCUT2D eigenvalue weighted by Crippen LogP contribution is -2.35. The lowest BCUT2D eigenvalue weighted by atomic mass is 10.2. The van der Waals surface area contributed by atoms with E-state index in [-0.39, 0.29) is 0 Å². The van der Waals surface area contributed by atoms with Gasteiger partial charge in [-0.05, 0) is 19.9 Å². The van der Waals surface area contributed by atoms with Crippen LogP contribution in [0.2, 0.25) is 0 Å². The maximum atomic E-state index is 5.64. The molecule has 2 N–H and O–H groups in total. The van der Waals surface area contributed by atoms with Crippen LogP contribution in [-0.2, 0) is 13.1 Å². The van der Waals surface area contributed by atoms with Gasteiger partial charge >= 0.3 is 0 Å². The maximum Gasteiger partial charge on any atom is 0.141 e. The van der Waals surface area contributed by atoms with E-state index in [2.05, 4.69) is 42.8 Å². The molecule has 5 nitrogen and oxygen atoms in total. The molecule has 0 saturated carbocycles. The van der Waals surface area contributed by atoms with Gasteiger partial charge in [-0.1, -0.05) is 13.8 Å². The summed E-state index contributed by atoms with van der Waals surface area (Å²) in [5, 5.41) is 4.24. The molecule has 16 heavy (non-hydrogen) atoms. The fourth-order valence-electron chi connectivity index (χ4n) is 1.47. The molecule has 0 bridgehead atoms. The second-order valence-corrected chi connectivity index (χ2v) is 4.75. The number of aromatic nitrogens is 3. The van der Waals surface area contributed by atoms with Crippen molar-refractivity contribution in [1.29, 1.82) is 0 Å². The number of rotatable bonds is 6. The topological polar surface area (TPSA) is 60.0 Å². The maximum absolute atomic E-state index is 5.64. The molecule has 0 aliphatic heterocycles. The van der Waals surface area contributed by atoms with Crippen LogP contribution in [0.3, 0.4) is 0 Å². The Morgan fingerprint density at radius 1 is 1.44 bits per heavy atom. The van der Waals surface area contributed by atoms with Crippen LogP contribution in [0.4, 0.5) is 0 Å². The first kappa shape index (κ1) is 13.1. The normalized spacial score (nSPS) is 13.7. The molecule has 1 unspecified atom stereocenters. The third-order valence-corrected chi connectivity index (χ3v) is 2.72. The van der Waals surface area contributed by atoms with Crippen molar-refractivity contribution in [3.05, 3.63) is 12.2 Å². The molecule has 5 heteroatoms. The van der Waals surface area contributed by atoms with Gasteiger partial charge in [0.1, 0.15) is 12.2 Å². The summed E-state index contributed by atoms with van der Waals surface area (Å²) in [7, 11) is 2.06. The van der Waals surface area contributed by atoms with E-state index in [1.165, 1.54) is 0 Å². The van der Waals surface area contributed by atoms with Gasteiger partial charge in [0.2, 0.25) is 0 Å². The Bertz CT molecular complexity index is 307. The first-order valence-corrected chi connectivity index (χ1v) is 5.81. The quantitative estimate of drug-likeness (QED) is 0.774. The molecule has 0 spiro atoms. The zero-order valence-electron chi connectivity index (χ0n) is 10.7. The lowest BCUT2D eigenvalue weighted by molar-refractivity contribution is 0.242. The van der Waals surface area contributed by atoms with Crippen molar-refractivity contribution in [2.45, 2.75) is 39.9 Å². The fourth-order valence-corrected chi connectivity index (χ4v) is 1.47. The minimum Gasteiger partial charge on any atom is -0.329 e. The van der Waals surface area contributed by atoms with Gasteiger partial charge < -0.3 is 5.73 Å². The summed E-state index contributed by atoms with van der Waals surface area (Å²) in [6.45, 7) is 8.85. The summed E-state index contributed by atoms with van der Waals surface area (Å²) in [4.78, 5) is 6.49. The van der Waals surface area contributed by atoms with Crippen molar-refractivity contribution in [3.8, 4) is 0 Å². The zero-order chi connectivity index (χ0) is 12.1. The van der Waals surface area contributed by atoms with Gasteiger partial charge in [-0.15, -0.1) is 0 Å². The van der Waals surface area contributed by atoms with Crippen LogP contribution in [0.1, 0.15) is 26.6 Å². The lowest BCUT2D eigenvalue weighted by Gasteiger charge is -2.23. The number of likely N-dealkylation sites (N-methyl/N-ethyl adjacent to an activating group) is 1. The largest absolute Gasteiger partial charge is 0.329 e. The Labute approximate surface area is 97.6 Å². The van der Waals surface area contributed by atoms with E-state index in [0.717, 1.165) is 18.9 Å². The van der Waals surface area contributed by atoms with Crippen LogP contribution in [0.25, 0.3) is 0 Å². The average Bonchev–Trinajstić information content (AvgIpc) is 2.63. The summed E-state index contributed by atoms with van der Waals surface area (Å²) in [6, 6.07) is 0.365. The smallest absolute Gasteiger partial charge is 0.141 e. The molecular weight excluding hydrogens is 202 g/mol. The van der Waals surface area contributed by atoms with Crippen molar-refractivity contribution >= 4 is 0 Å². The van der Waals surface area contributed by atoms with Gasteiger partial charge in [0.25, 0.3) is 0 Å². The van der Waals surface area contributed by atoms with Crippen molar-refractivity contribution in [3.63, 3.8) is 0 Å². The fraction of sp³-hybridized carbons (Fsp3) is 0.818. The Morgan fingerprint density at radius 2 is 2.12 bits per heavy atom. The predicted molar refractivity (Wildman–Crippen MR) is 64.8 cm³/mol. The van der Waals surface area contributed by atoms with Gasteiger partial charge in [0.15, 0.2) is 0 Å². The SMILES string of the molecule is CC(C)Cn1ncnc1CN(C)C(C)CN. The first-order chi connectivity index (χ1) is 7.54. The van der Waals surface area contributed by atoms with Gasteiger partial charge in [0.05, 0.1) is 6.54 Å². The van der Waals surface area contributed by atoms with Crippen LogP contribution in [0.5, 0.6) is 0 Å². The molecule has 0 fully saturated rings. The first-order valence-electron chi connectivity index (χ1n) is 5.81. The summed E-state index contributed by atoms with van der Waals surface area (Å²) >= 11 is 0. The summed E-state index contributed by atoms with van der Waals surface area (Å²) < 4.78 is 1.98. The van der Waals surface area contributed by atoms with Crippen molar-refractivity contribution in [1.82, 2.24) is 19.7 Å². The minimum absolute atomic E-state index is 0.365. The number of hydrogen-bond donors (Lipinski definition) is 1.